The van der Waals surface area contributed by atoms with E-state index in [1.54, 1.807) is 30.3 Å². The second-order valence-corrected chi connectivity index (χ2v) is 4.61. The maximum Gasteiger partial charge on any atom is 0.335 e. The van der Waals surface area contributed by atoms with E-state index in [1.807, 2.05) is 6.92 Å². The number of carboxylic acids is 1. The van der Waals surface area contributed by atoms with Crippen LogP contribution in [0.15, 0.2) is 42.5 Å². The molecular formula is C18H16O4. The Bertz CT molecular complexity index is 721. The van der Waals surface area contributed by atoms with Crippen LogP contribution >= 0.6 is 0 Å². The number of benzene rings is 2. The van der Waals surface area contributed by atoms with Crippen LogP contribution in [0.5, 0.6) is 5.75 Å². The number of phenols is 1. The van der Waals surface area contributed by atoms with Gasteiger partial charge in [0.05, 0.1) is 12.2 Å². The van der Waals surface area contributed by atoms with Gasteiger partial charge in [0, 0.05) is 17.7 Å². The molecule has 0 aliphatic rings. The van der Waals surface area contributed by atoms with E-state index in [2.05, 4.69) is 11.8 Å². The highest BCUT2D eigenvalue weighted by atomic mass is 16.5. The van der Waals surface area contributed by atoms with Crippen LogP contribution in [0.4, 0.5) is 0 Å². The van der Waals surface area contributed by atoms with Crippen LogP contribution in [0.3, 0.4) is 0 Å². The number of ether oxygens (including phenoxy) is 1. The van der Waals surface area contributed by atoms with E-state index < -0.39 is 5.97 Å². The van der Waals surface area contributed by atoms with Gasteiger partial charge in [0.15, 0.2) is 0 Å². The molecule has 0 aliphatic heterocycles. The summed E-state index contributed by atoms with van der Waals surface area (Å²) in [5.74, 6) is 5.22. The second-order valence-electron chi connectivity index (χ2n) is 4.61. The molecule has 4 heteroatoms. The van der Waals surface area contributed by atoms with Crippen molar-refractivity contribution in [1.82, 2.24) is 0 Å². The first-order chi connectivity index (χ1) is 10.6. The largest absolute Gasteiger partial charge is 0.508 e. The van der Waals surface area contributed by atoms with Gasteiger partial charge in [0.25, 0.3) is 0 Å². The Morgan fingerprint density at radius 1 is 1.14 bits per heavy atom. The predicted molar refractivity (Wildman–Crippen MR) is 82.8 cm³/mol. The highest BCUT2D eigenvalue weighted by molar-refractivity contribution is 5.87. The maximum atomic E-state index is 10.8. The Kier molecular flexibility index (Phi) is 5.18. The summed E-state index contributed by atoms with van der Waals surface area (Å²) in [4.78, 5) is 10.8. The minimum absolute atomic E-state index is 0.172. The minimum atomic E-state index is -0.961. The molecule has 2 rings (SSSR count). The topological polar surface area (TPSA) is 66.8 Å². The molecule has 0 unspecified atom stereocenters. The first-order valence-electron chi connectivity index (χ1n) is 6.85. The summed E-state index contributed by atoms with van der Waals surface area (Å²) in [6.07, 6.45) is 0. The second kappa shape index (κ2) is 7.30. The van der Waals surface area contributed by atoms with Gasteiger partial charge in [-0.2, -0.15) is 0 Å². The smallest absolute Gasteiger partial charge is 0.335 e. The van der Waals surface area contributed by atoms with E-state index in [-0.39, 0.29) is 11.3 Å². The molecule has 0 aromatic heterocycles. The number of aromatic carboxylic acids is 1. The third kappa shape index (κ3) is 4.11. The Balaban J connectivity index is 2.25. The highest BCUT2D eigenvalue weighted by Gasteiger charge is 2.03. The number of carbonyl (C=O) groups is 1. The Morgan fingerprint density at radius 2 is 1.86 bits per heavy atom. The zero-order valence-corrected chi connectivity index (χ0v) is 12.2. The number of hydrogen-bond acceptors (Lipinski definition) is 3. The van der Waals surface area contributed by atoms with Gasteiger partial charge in [-0.25, -0.2) is 4.79 Å². The lowest BCUT2D eigenvalue weighted by Gasteiger charge is -2.05. The molecule has 112 valence electrons. The summed E-state index contributed by atoms with van der Waals surface area (Å²) in [5.41, 5.74) is 2.54. The van der Waals surface area contributed by atoms with E-state index in [9.17, 15) is 9.90 Å². The summed E-state index contributed by atoms with van der Waals surface area (Å²) < 4.78 is 5.37. The van der Waals surface area contributed by atoms with Crippen molar-refractivity contribution in [3.05, 3.63) is 64.7 Å². The monoisotopic (exact) mass is 296 g/mol. The fourth-order valence-corrected chi connectivity index (χ4v) is 1.87. The summed E-state index contributed by atoms with van der Waals surface area (Å²) in [6, 6.07) is 11.3. The van der Waals surface area contributed by atoms with E-state index in [0.717, 1.165) is 16.7 Å². The van der Waals surface area contributed by atoms with Crippen LogP contribution in [-0.2, 0) is 11.3 Å². The Hall–Kier alpha value is -2.77. The van der Waals surface area contributed by atoms with Crippen molar-refractivity contribution in [3.63, 3.8) is 0 Å². The lowest BCUT2D eigenvalue weighted by atomic mass is 10.1. The zero-order chi connectivity index (χ0) is 15.9. The maximum absolute atomic E-state index is 10.8. The molecule has 4 nitrogen and oxygen atoms in total. The first kappa shape index (κ1) is 15.6. The van der Waals surface area contributed by atoms with E-state index in [1.165, 1.54) is 12.1 Å². The predicted octanol–water partition coefficient (Wildman–Crippen LogP) is 3.03. The number of rotatable bonds is 4. The summed E-state index contributed by atoms with van der Waals surface area (Å²) in [7, 11) is 0. The average molecular weight is 296 g/mol. The molecular weight excluding hydrogens is 280 g/mol. The standard InChI is InChI=1S/C18H16O4/c1-2-22-12-16-11-17(19)10-9-14(16)6-3-13-4-7-15(8-5-13)18(20)21/h4-5,7-11,19H,2,12H2,1H3,(H,20,21). The van der Waals surface area contributed by atoms with Gasteiger partial charge in [-0.3, -0.25) is 0 Å². The third-order valence-electron chi connectivity index (χ3n) is 3.02. The van der Waals surface area contributed by atoms with Crippen molar-refractivity contribution in [2.75, 3.05) is 6.61 Å². The molecule has 0 saturated heterocycles. The van der Waals surface area contributed by atoms with Crippen molar-refractivity contribution < 1.29 is 19.7 Å². The summed E-state index contributed by atoms with van der Waals surface area (Å²) in [5, 5.41) is 18.4. The van der Waals surface area contributed by atoms with Gasteiger partial charge in [-0.15, -0.1) is 0 Å². The van der Waals surface area contributed by atoms with Crippen LogP contribution in [0.25, 0.3) is 0 Å². The third-order valence-corrected chi connectivity index (χ3v) is 3.02. The molecule has 0 bridgehead atoms. The summed E-state index contributed by atoms with van der Waals surface area (Å²) >= 11 is 0. The molecule has 0 atom stereocenters. The van der Waals surface area contributed by atoms with Crippen LogP contribution in [0, 0.1) is 11.8 Å². The average Bonchev–Trinajstić information content (AvgIpc) is 2.52. The Labute approximate surface area is 129 Å². The van der Waals surface area contributed by atoms with E-state index in [4.69, 9.17) is 9.84 Å². The molecule has 0 spiro atoms. The van der Waals surface area contributed by atoms with E-state index in [0.29, 0.717) is 13.2 Å². The summed E-state index contributed by atoms with van der Waals surface area (Å²) in [6.45, 7) is 2.87. The molecule has 2 aromatic rings. The number of carboxylic acid groups (broad SMARTS) is 1. The number of aromatic hydroxyl groups is 1. The fourth-order valence-electron chi connectivity index (χ4n) is 1.87. The molecule has 2 aromatic carbocycles. The van der Waals surface area contributed by atoms with Crippen molar-refractivity contribution in [1.29, 1.82) is 0 Å². The normalized spacial score (nSPS) is 9.86. The first-order valence-corrected chi connectivity index (χ1v) is 6.85. The van der Waals surface area contributed by atoms with Crippen LogP contribution in [0.2, 0.25) is 0 Å². The molecule has 2 N–H and O–H groups in total. The van der Waals surface area contributed by atoms with Crippen molar-refractivity contribution in [2.45, 2.75) is 13.5 Å². The number of phenolic OH excluding ortho intramolecular Hbond substituents is 1. The molecule has 0 saturated carbocycles. The van der Waals surface area contributed by atoms with Crippen molar-refractivity contribution >= 4 is 5.97 Å². The molecule has 0 fully saturated rings. The van der Waals surface area contributed by atoms with Gasteiger partial charge in [0.1, 0.15) is 5.75 Å². The SMILES string of the molecule is CCOCc1cc(O)ccc1C#Cc1ccc(C(=O)O)cc1. The molecule has 0 aliphatic carbocycles. The van der Waals surface area contributed by atoms with Crippen molar-refractivity contribution in [3.8, 4) is 17.6 Å². The fraction of sp³-hybridized carbons (Fsp3) is 0.167. The van der Waals surface area contributed by atoms with Gasteiger partial charge in [0.2, 0.25) is 0 Å². The lowest BCUT2D eigenvalue weighted by Crippen LogP contribution is -1.96. The van der Waals surface area contributed by atoms with Crippen LogP contribution in [0.1, 0.15) is 34.0 Å². The quantitative estimate of drug-likeness (QED) is 0.851. The van der Waals surface area contributed by atoms with Crippen LogP contribution in [-0.4, -0.2) is 22.8 Å². The number of hydrogen-bond donors (Lipinski definition) is 2. The highest BCUT2D eigenvalue weighted by Crippen LogP contribution is 2.17. The Morgan fingerprint density at radius 3 is 2.50 bits per heavy atom. The van der Waals surface area contributed by atoms with E-state index >= 15 is 0 Å². The van der Waals surface area contributed by atoms with Gasteiger partial charge < -0.3 is 14.9 Å². The van der Waals surface area contributed by atoms with Gasteiger partial charge in [-0.05, 0) is 55.0 Å². The molecule has 0 heterocycles. The van der Waals surface area contributed by atoms with Crippen LogP contribution < -0.4 is 0 Å². The van der Waals surface area contributed by atoms with Gasteiger partial charge in [-0.1, -0.05) is 11.8 Å². The zero-order valence-electron chi connectivity index (χ0n) is 12.2. The lowest BCUT2D eigenvalue weighted by molar-refractivity contribution is 0.0697. The molecule has 0 radical (unpaired) electrons. The minimum Gasteiger partial charge on any atom is -0.508 e. The van der Waals surface area contributed by atoms with Crippen molar-refractivity contribution in [2.24, 2.45) is 0 Å². The molecule has 22 heavy (non-hydrogen) atoms. The molecule has 0 amide bonds. The van der Waals surface area contributed by atoms with Gasteiger partial charge >= 0.3 is 5.97 Å².